The van der Waals surface area contributed by atoms with E-state index >= 15 is 0 Å². The van der Waals surface area contributed by atoms with Crippen LogP contribution in [0.3, 0.4) is 0 Å². The monoisotopic (exact) mass is 344 g/mol. The number of benzene rings is 1. The number of halogens is 2. The second-order valence-corrected chi connectivity index (χ2v) is 5.54. The molecule has 2 N–H and O–H groups in total. The van der Waals surface area contributed by atoms with Gasteiger partial charge in [-0.2, -0.15) is 0 Å². The summed E-state index contributed by atoms with van der Waals surface area (Å²) in [6.45, 7) is 3.67. The molecule has 22 heavy (non-hydrogen) atoms. The molecule has 1 aromatic heterocycles. The lowest BCUT2D eigenvalue weighted by Gasteiger charge is -2.12. The van der Waals surface area contributed by atoms with Crippen molar-refractivity contribution in [2.24, 2.45) is 7.05 Å². The van der Waals surface area contributed by atoms with Gasteiger partial charge in [-0.25, -0.2) is 4.57 Å². The van der Waals surface area contributed by atoms with Crippen LogP contribution < -0.4 is 17.0 Å². The van der Waals surface area contributed by atoms with Crippen LogP contribution in [0.2, 0.25) is 5.02 Å². The molecule has 1 heterocycles. The third-order valence-corrected chi connectivity index (χ3v) is 4.12. The summed E-state index contributed by atoms with van der Waals surface area (Å²) < 4.78 is 2.88. The Morgan fingerprint density at radius 2 is 1.86 bits per heavy atom. The molecule has 1 unspecified atom stereocenters. The summed E-state index contributed by atoms with van der Waals surface area (Å²) in [6.07, 6.45) is -0.112. The first-order valence-corrected chi connectivity index (χ1v) is 6.95. The molecule has 0 aliphatic heterocycles. The number of carboxylic acids is 1. The van der Waals surface area contributed by atoms with Crippen LogP contribution in [-0.2, 0) is 11.8 Å². The van der Waals surface area contributed by atoms with Crippen LogP contribution in [-0.4, -0.2) is 21.0 Å². The lowest BCUT2D eigenvalue weighted by molar-refractivity contribution is -0.686. The smallest absolute Gasteiger partial charge is 0.304 e. The van der Waals surface area contributed by atoms with Gasteiger partial charge < -0.3 is 22.7 Å². The van der Waals surface area contributed by atoms with E-state index in [-0.39, 0.29) is 18.8 Å². The second kappa shape index (κ2) is 7.03. The minimum Gasteiger partial charge on any atom is -1.00 e. The van der Waals surface area contributed by atoms with Crippen molar-refractivity contribution in [3.05, 3.63) is 52.1 Å². The predicted octanol–water partition coefficient (Wildman–Crippen LogP) is -0.569. The summed E-state index contributed by atoms with van der Waals surface area (Å²) in [5.41, 5.74) is 2.37. The fraction of sp³-hybridized carbons (Fsp3) is 0.333. The molecule has 7 heteroatoms. The molecule has 0 saturated carbocycles. The Morgan fingerprint density at radius 3 is 2.27 bits per heavy atom. The van der Waals surface area contributed by atoms with Crippen LogP contribution in [0.4, 0.5) is 0 Å². The van der Waals surface area contributed by atoms with Crippen molar-refractivity contribution in [3.8, 4) is 0 Å². The van der Waals surface area contributed by atoms with Crippen molar-refractivity contribution in [2.75, 3.05) is 0 Å². The fourth-order valence-electron chi connectivity index (χ4n) is 2.49. The van der Waals surface area contributed by atoms with Crippen LogP contribution in [0.25, 0.3) is 0 Å². The maximum Gasteiger partial charge on any atom is 0.304 e. The number of hydrogen-bond donors (Lipinski definition) is 2. The molecular formula is C15H18Cl2N2O3. The number of rotatable bonds is 4. The van der Waals surface area contributed by atoms with Crippen molar-refractivity contribution in [3.63, 3.8) is 0 Å². The fourth-order valence-corrected chi connectivity index (χ4v) is 2.62. The number of imidazole rings is 1. The third-order valence-electron chi connectivity index (χ3n) is 3.87. The molecule has 0 saturated heterocycles. The van der Waals surface area contributed by atoms with Crippen LogP contribution in [0, 0.1) is 13.8 Å². The van der Waals surface area contributed by atoms with Gasteiger partial charge in [0, 0.05) is 18.9 Å². The highest BCUT2D eigenvalue weighted by molar-refractivity contribution is 6.30. The Hall–Kier alpha value is -1.72. The van der Waals surface area contributed by atoms with Crippen molar-refractivity contribution in [2.45, 2.75) is 26.2 Å². The van der Waals surface area contributed by atoms with Crippen LogP contribution in [0.5, 0.6) is 0 Å². The van der Waals surface area contributed by atoms with Gasteiger partial charge in [-0.05, 0) is 22.4 Å². The van der Waals surface area contributed by atoms with Gasteiger partial charge >= 0.3 is 11.8 Å². The lowest BCUT2D eigenvalue weighted by Crippen LogP contribution is -3.00. The van der Waals surface area contributed by atoms with Gasteiger partial charge in [-0.3, -0.25) is 4.79 Å². The molecule has 0 amide bonds. The Labute approximate surface area is 140 Å². The SMILES string of the molecule is Cc1c(C)[n+](C)c(C(CC(=O)O)c2ccc(Cl)cc2)n1O.[Cl-]. The van der Waals surface area contributed by atoms with Crippen molar-refractivity contribution in [1.82, 2.24) is 4.73 Å². The first-order valence-electron chi connectivity index (χ1n) is 6.57. The van der Waals surface area contributed by atoms with E-state index in [1.165, 1.54) is 0 Å². The number of aliphatic carboxylic acids is 1. The number of hydrogen-bond acceptors (Lipinski definition) is 2. The van der Waals surface area contributed by atoms with Gasteiger partial charge in [0.2, 0.25) is 0 Å². The summed E-state index contributed by atoms with van der Waals surface area (Å²) in [7, 11) is 1.81. The summed E-state index contributed by atoms with van der Waals surface area (Å²) in [5, 5.41) is 20.1. The van der Waals surface area contributed by atoms with Gasteiger partial charge in [0.25, 0.3) is 0 Å². The molecular weight excluding hydrogens is 327 g/mol. The molecule has 120 valence electrons. The highest BCUT2D eigenvalue weighted by atomic mass is 35.5. The van der Waals surface area contributed by atoms with E-state index in [1.54, 1.807) is 31.2 Å². The maximum absolute atomic E-state index is 11.2. The quantitative estimate of drug-likeness (QED) is 0.576. The Morgan fingerprint density at radius 1 is 1.32 bits per heavy atom. The molecule has 0 radical (unpaired) electrons. The summed E-state index contributed by atoms with van der Waals surface area (Å²) >= 11 is 5.88. The van der Waals surface area contributed by atoms with Gasteiger partial charge in [0.1, 0.15) is 5.69 Å². The summed E-state index contributed by atoms with van der Waals surface area (Å²) in [5.74, 6) is -0.844. The molecule has 0 aliphatic rings. The Kier molecular flexibility index (Phi) is 5.85. The molecule has 1 atom stereocenters. The van der Waals surface area contributed by atoms with E-state index in [1.807, 2.05) is 18.5 Å². The minimum absolute atomic E-state index is 0. The first kappa shape index (κ1) is 18.3. The highest BCUT2D eigenvalue weighted by Gasteiger charge is 2.33. The number of carboxylic acid groups (broad SMARTS) is 1. The topological polar surface area (TPSA) is 66.3 Å². The van der Waals surface area contributed by atoms with Gasteiger partial charge in [0.05, 0.1) is 19.4 Å². The predicted molar refractivity (Wildman–Crippen MR) is 77.8 cm³/mol. The minimum atomic E-state index is -0.925. The van der Waals surface area contributed by atoms with E-state index in [2.05, 4.69) is 0 Å². The molecule has 0 bridgehead atoms. The van der Waals surface area contributed by atoms with E-state index in [9.17, 15) is 15.1 Å². The number of nitrogens with zero attached hydrogens (tertiary/aromatic N) is 2. The molecule has 5 nitrogen and oxygen atoms in total. The summed E-state index contributed by atoms with van der Waals surface area (Å²) in [4.78, 5) is 11.2. The first-order chi connectivity index (χ1) is 9.82. The summed E-state index contributed by atoms with van der Waals surface area (Å²) in [6, 6.07) is 7.01. The Balaban J connectivity index is 0.00000242. The average molecular weight is 345 g/mol. The van der Waals surface area contributed by atoms with E-state index in [4.69, 9.17) is 11.6 Å². The zero-order valence-corrected chi connectivity index (χ0v) is 14.1. The normalized spacial score (nSPS) is 11.8. The third kappa shape index (κ3) is 3.36. The van der Waals surface area contributed by atoms with Gasteiger partial charge in [0.15, 0.2) is 5.69 Å². The van der Waals surface area contributed by atoms with Crippen LogP contribution in [0.15, 0.2) is 24.3 Å². The van der Waals surface area contributed by atoms with E-state index in [0.717, 1.165) is 16.0 Å². The number of carbonyl (C=O) groups is 1. The lowest BCUT2D eigenvalue weighted by atomic mass is 9.95. The standard InChI is InChI=1S/C15H17ClN2O3.ClH/c1-9-10(2)18(21)15(17(9)3)13(8-14(19)20)11-4-6-12(16)7-5-11;/h4-7,13H,8H2,1-3H3,(H-,19,20,21);1H. The second-order valence-electron chi connectivity index (χ2n) is 5.10. The van der Waals surface area contributed by atoms with Gasteiger partial charge in [-0.15, -0.1) is 0 Å². The zero-order chi connectivity index (χ0) is 15.7. The molecule has 0 spiro atoms. The van der Waals surface area contributed by atoms with E-state index < -0.39 is 11.9 Å². The molecule has 2 rings (SSSR count). The molecule has 0 fully saturated rings. The maximum atomic E-state index is 11.2. The van der Waals surface area contributed by atoms with Crippen molar-refractivity contribution in [1.29, 1.82) is 0 Å². The Bertz CT molecular complexity index is 656. The van der Waals surface area contributed by atoms with Gasteiger partial charge in [-0.1, -0.05) is 23.7 Å². The zero-order valence-electron chi connectivity index (χ0n) is 12.5. The molecule has 0 aliphatic carbocycles. The molecule has 2 aromatic rings. The molecule has 1 aromatic carbocycles. The van der Waals surface area contributed by atoms with Crippen LogP contribution >= 0.6 is 11.6 Å². The van der Waals surface area contributed by atoms with Crippen molar-refractivity contribution >= 4 is 17.6 Å². The largest absolute Gasteiger partial charge is 1.00 e. The number of aromatic nitrogens is 2. The van der Waals surface area contributed by atoms with Crippen LogP contribution in [0.1, 0.15) is 35.1 Å². The van der Waals surface area contributed by atoms with Crippen molar-refractivity contribution < 1.29 is 32.1 Å². The van der Waals surface area contributed by atoms with E-state index in [0.29, 0.717) is 16.5 Å². The average Bonchev–Trinajstić information content (AvgIpc) is 2.62. The highest BCUT2D eigenvalue weighted by Crippen LogP contribution is 2.28.